The van der Waals surface area contributed by atoms with Gasteiger partial charge in [0.05, 0.1) is 0 Å². The summed E-state index contributed by atoms with van der Waals surface area (Å²) in [6, 6.07) is 25.8. The van der Waals surface area contributed by atoms with E-state index < -0.39 is 0 Å². The molecule has 6 aromatic rings. The van der Waals surface area contributed by atoms with Crippen molar-refractivity contribution in [1.82, 2.24) is 0 Å². The fourth-order valence-corrected chi connectivity index (χ4v) is 5.04. The van der Waals surface area contributed by atoms with Gasteiger partial charge in [0.15, 0.2) is 0 Å². The third-order valence-electron chi connectivity index (χ3n) is 4.88. The minimum atomic E-state index is 0.955. The van der Waals surface area contributed by atoms with Gasteiger partial charge >= 0.3 is 0 Å². The van der Waals surface area contributed by atoms with Gasteiger partial charge in [-0.05, 0) is 29.7 Å². The van der Waals surface area contributed by atoms with Crippen molar-refractivity contribution in [2.75, 3.05) is 0 Å². The van der Waals surface area contributed by atoms with Crippen molar-refractivity contribution >= 4 is 64.2 Å². The van der Waals surface area contributed by atoms with Gasteiger partial charge in [-0.2, -0.15) is 0 Å². The lowest BCUT2D eigenvalue weighted by Crippen LogP contribution is -1.75. The Morgan fingerprint density at radius 1 is 0.542 bits per heavy atom. The summed E-state index contributed by atoms with van der Waals surface area (Å²) < 4.78 is 8.74. The largest absolute Gasteiger partial charge is 0.456 e. The maximum atomic E-state index is 6.03. The number of benzene rings is 4. The molecule has 112 valence electrons. The van der Waals surface area contributed by atoms with Gasteiger partial charge in [-0.1, -0.05) is 48.5 Å². The van der Waals surface area contributed by atoms with E-state index in [2.05, 4.69) is 60.7 Å². The highest BCUT2D eigenvalue weighted by molar-refractivity contribution is 7.26. The van der Waals surface area contributed by atoms with Gasteiger partial charge < -0.3 is 4.42 Å². The highest BCUT2D eigenvalue weighted by atomic mass is 32.1. The standard InChI is InChI=1S/C22H12OS/c1-3-7-18-17(6-1)21-14-9-10-15-13-5-2-4-8-20(13)24-22(15)16(14)11-12-19(21)23-18/h1-12H. The molecule has 0 radical (unpaired) electrons. The number of fused-ring (bicyclic) bond motifs is 9. The van der Waals surface area contributed by atoms with Gasteiger partial charge in [0.2, 0.25) is 0 Å². The van der Waals surface area contributed by atoms with Crippen LogP contribution in [0.4, 0.5) is 0 Å². The molecule has 2 aromatic heterocycles. The summed E-state index contributed by atoms with van der Waals surface area (Å²) in [4.78, 5) is 0. The normalized spacial score (nSPS) is 12.2. The highest BCUT2D eigenvalue weighted by Gasteiger charge is 2.13. The maximum absolute atomic E-state index is 6.03. The molecule has 0 N–H and O–H groups in total. The van der Waals surface area contributed by atoms with Crippen LogP contribution in [-0.4, -0.2) is 0 Å². The van der Waals surface area contributed by atoms with Gasteiger partial charge in [-0.25, -0.2) is 0 Å². The lowest BCUT2D eigenvalue weighted by Gasteiger charge is -2.01. The summed E-state index contributed by atoms with van der Waals surface area (Å²) in [5.74, 6) is 0. The van der Waals surface area contributed by atoms with E-state index in [-0.39, 0.29) is 0 Å². The van der Waals surface area contributed by atoms with Crippen molar-refractivity contribution in [2.45, 2.75) is 0 Å². The monoisotopic (exact) mass is 324 g/mol. The molecule has 0 bridgehead atoms. The van der Waals surface area contributed by atoms with Crippen LogP contribution in [0.25, 0.3) is 52.9 Å². The molecule has 0 fully saturated rings. The zero-order valence-electron chi connectivity index (χ0n) is 12.7. The zero-order chi connectivity index (χ0) is 15.7. The Balaban J connectivity index is 1.90. The van der Waals surface area contributed by atoms with Crippen LogP contribution in [0.5, 0.6) is 0 Å². The second kappa shape index (κ2) is 4.37. The Bertz CT molecular complexity index is 1400. The fourth-order valence-electron chi connectivity index (χ4n) is 3.81. The second-order valence-electron chi connectivity index (χ2n) is 6.17. The van der Waals surface area contributed by atoms with Crippen molar-refractivity contribution in [3.8, 4) is 0 Å². The summed E-state index contributed by atoms with van der Waals surface area (Å²) in [5.41, 5.74) is 1.92. The number of hydrogen-bond acceptors (Lipinski definition) is 2. The van der Waals surface area contributed by atoms with Crippen LogP contribution in [0.1, 0.15) is 0 Å². The molecule has 0 aliphatic heterocycles. The number of para-hydroxylation sites is 1. The molecule has 2 heterocycles. The van der Waals surface area contributed by atoms with Crippen LogP contribution < -0.4 is 0 Å². The predicted octanol–water partition coefficient (Wildman–Crippen LogP) is 7.11. The predicted molar refractivity (Wildman–Crippen MR) is 104 cm³/mol. The van der Waals surface area contributed by atoms with Crippen molar-refractivity contribution in [3.05, 3.63) is 72.8 Å². The van der Waals surface area contributed by atoms with Crippen molar-refractivity contribution < 1.29 is 4.42 Å². The number of rotatable bonds is 0. The SMILES string of the molecule is c1ccc2c(c1)oc1ccc3c(ccc4c5ccccc5sc43)c12. The molecule has 0 aliphatic carbocycles. The summed E-state index contributed by atoms with van der Waals surface area (Å²) in [6.45, 7) is 0. The lowest BCUT2D eigenvalue weighted by molar-refractivity contribution is 0.669. The number of hydrogen-bond donors (Lipinski definition) is 0. The molecule has 0 atom stereocenters. The van der Waals surface area contributed by atoms with E-state index in [1.807, 2.05) is 23.5 Å². The molecule has 24 heavy (non-hydrogen) atoms. The molecule has 1 nitrogen and oxygen atoms in total. The molecule has 0 spiro atoms. The van der Waals surface area contributed by atoms with Crippen LogP contribution in [0.2, 0.25) is 0 Å². The van der Waals surface area contributed by atoms with Gasteiger partial charge in [-0.3, -0.25) is 0 Å². The molecular weight excluding hydrogens is 312 g/mol. The Labute approximate surface area is 141 Å². The van der Waals surface area contributed by atoms with E-state index in [4.69, 9.17) is 4.42 Å². The third-order valence-corrected chi connectivity index (χ3v) is 6.10. The van der Waals surface area contributed by atoms with E-state index in [1.54, 1.807) is 0 Å². The molecule has 0 aliphatic rings. The molecule has 2 heteroatoms. The highest BCUT2D eigenvalue weighted by Crippen LogP contribution is 2.42. The van der Waals surface area contributed by atoms with E-state index >= 15 is 0 Å². The molecule has 0 saturated carbocycles. The quantitative estimate of drug-likeness (QED) is 0.290. The van der Waals surface area contributed by atoms with E-state index in [9.17, 15) is 0 Å². The first-order valence-electron chi connectivity index (χ1n) is 8.04. The van der Waals surface area contributed by atoms with Crippen LogP contribution >= 0.6 is 11.3 Å². The molecule has 6 rings (SSSR count). The molecule has 0 unspecified atom stereocenters. The van der Waals surface area contributed by atoms with E-state index in [0.29, 0.717) is 0 Å². The van der Waals surface area contributed by atoms with Crippen LogP contribution in [-0.2, 0) is 0 Å². The Morgan fingerprint density at radius 2 is 1.25 bits per heavy atom. The first kappa shape index (κ1) is 12.6. The van der Waals surface area contributed by atoms with Gasteiger partial charge in [0.25, 0.3) is 0 Å². The minimum absolute atomic E-state index is 0.955. The van der Waals surface area contributed by atoms with Crippen LogP contribution in [0.15, 0.2) is 77.2 Å². The Morgan fingerprint density at radius 3 is 2.21 bits per heavy atom. The maximum Gasteiger partial charge on any atom is 0.136 e. The minimum Gasteiger partial charge on any atom is -0.456 e. The first-order valence-corrected chi connectivity index (χ1v) is 8.86. The molecule has 0 amide bonds. The van der Waals surface area contributed by atoms with E-state index in [1.165, 1.54) is 41.7 Å². The zero-order valence-corrected chi connectivity index (χ0v) is 13.6. The summed E-state index contributed by atoms with van der Waals surface area (Å²) in [7, 11) is 0. The molecular formula is C22H12OS. The van der Waals surface area contributed by atoms with Gasteiger partial charge in [0, 0.05) is 36.3 Å². The van der Waals surface area contributed by atoms with Gasteiger partial charge in [0.1, 0.15) is 11.2 Å². The Hall–Kier alpha value is -2.84. The lowest BCUT2D eigenvalue weighted by atomic mass is 10.0. The number of furan rings is 1. The first-order chi connectivity index (χ1) is 11.9. The van der Waals surface area contributed by atoms with Crippen LogP contribution in [0, 0.1) is 0 Å². The average molecular weight is 324 g/mol. The van der Waals surface area contributed by atoms with Gasteiger partial charge in [-0.15, -0.1) is 11.3 Å². The molecule has 0 saturated heterocycles. The van der Waals surface area contributed by atoms with Crippen molar-refractivity contribution in [1.29, 1.82) is 0 Å². The third kappa shape index (κ3) is 1.49. The second-order valence-corrected chi connectivity index (χ2v) is 7.22. The topological polar surface area (TPSA) is 13.1 Å². The van der Waals surface area contributed by atoms with Crippen molar-refractivity contribution in [2.24, 2.45) is 0 Å². The van der Waals surface area contributed by atoms with E-state index in [0.717, 1.165) is 11.2 Å². The fraction of sp³-hybridized carbons (Fsp3) is 0. The molecule has 4 aromatic carbocycles. The number of thiophene rings is 1. The summed E-state index contributed by atoms with van der Waals surface area (Å²) >= 11 is 1.88. The Kier molecular flexibility index (Phi) is 2.29. The van der Waals surface area contributed by atoms with Crippen LogP contribution in [0.3, 0.4) is 0 Å². The average Bonchev–Trinajstić information content (AvgIpc) is 3.19. The summed E-state index contributed by atoms with van der Waals surface area (Å²) in [5, 5.41) is 7.69. The van der Waals surface area contributed by atoms with Crippen molar-refractivity contribution in [3.63, 3.8) is 0 Å². The summed E-state index contributed by atoms with van der Waals surface area (Å²) in [6.07, 6.45) is 0. The smallest absolute Gasteiger partial charge is 0.136 e.